The van der Waals surface area contributed by atoms with Crippen molar-refractivity contribution in [1.29, 1.82) is 0 Å². The molecule has 3 aromatic rings. The van der Waals surface area contributed by atoms with E-state index in [0.717, 1.165) is 44.0 Å². The largest absolute Gasteiger partial charge is 0.378 e. The van der Waals surface area contributed by atoms with Gasteiger partial charge in [-0.25, -0.2) is 9.97 Å². The fourth-order valence-corrected chi connectivity index (χ4v) is 5.58. The van der Waals surface area contributed by atoms with E-state index in [-0.39, 0.29) is 23.9 Å². The first-order valence-electron chi connectivity index (χ1n) is 12.8. The molecule has 5 heterocycles. The third kappa shape index (κ3) is 6.02. The first-order valence-corrected chi connectivity index (χ1v) is 13.7. The molecular weight excluding hydrogens is 488 g/mol. The Morgan fingerprint density at radius 2 is 2.03 bits per heavy atom. The van der Waals surface area contributed by atoms with Crippen LogP contribution < -0.4 is 15.5 Å². The van der Waals surface area contributed by atoms with Gasteiger partial charge >= 0.3 is 0 Å². The van der Waals surface area contributed by atoms with Crippen molar-refractivity contribution >= 4 is 34.1 Å². The van der Waals surface area contributed by atoms with Gasteiger partial charge in [0, 0.05) is 48.9 Å². The smallest absolute Gasteiger partial charge is 0.253 e. The topological polar surface area (TPSA) is 101 Å². The van der Waals surface area contributed by atoms with E-state index in [1.165, 1.54) is 17.8 Å². The van der Waals surface area contributed by atoms with E-state index >= 15 is 0 Å². The van der Waals surface area contributed by atoms with Crippen molar-refractivity contribution in [2.45, 2.75) is 51.7 Å². The zero-order valence-electron chi connectivity index (χ0n) is 21.6. The molecule has 2 atom stereocenters. The highest BCUT2D eigenvalue weighted by Crippen LogP contribution is 2.31. The van der Waals surface area contributed by atoms with Gasteiger partial charge in [-0.3, -0.25) is 9.59 Å². The number of carbonyl (C=O) groups excluding carboxylic acids is 2. The summed E-state index contributed by atoms with van der Waals surface area (Å²) < 4.78 is 7.91. The molecular formula is C27H34N6O3S. The van der Waals surface area contributed by atoms with Gasteiger partial charge in [-0.1, -0.05) is 6.07 Å². The summed E-state index contributed by atoms with van der Waals surface area (Å²) in [5.74, 6) is 0.891. The number of carbonyl (C=O) groups is 2. The summed E-state index contributed by atoms with van der Waals surface area (Å²) in [5.41, 5.74) is 1.89. The van der Waals surface area contributed by atoms with Gasteiger partial charge in [0.1, 0.15) is 11.5 Å². The number of rotatable bonds is 6. The van der Waals surface area contributed by atoms with Crippen LogP contribution in [0, 0.1) is 5.92 Å². The summed E-state index contributed by atoms with van der Waals surface area (Å²) in [5, 5.41) is 7.80. The maximum atomic E-state index is 12.4. The van der Waals surface area contributed by atoms with Crippen molar-refractivity contribution < 1.29 is 14.3 Å². The lowest BCUT2D eigenvalue weighted by atomic mass is 9.88. The molecule has 0 radical (unpaired) electrons. The minimum atomic E-state index is -0.330. The molecule has 0 aliphatic carbocycles. The molecule has 2 aliphatic heterocycles. The molecule has 5 rings (SSSR count). The van der Waals surface area contributed by atoms with Crippen molar-refractivity contribution in [2.24, 2.45) is 5.92 Å². The number of piperidine rings is 1. The Balaban J connectivity index is 1.16. The molecule has 2 N–H and O–H groups in total. The second-order valence-corrected chi connectivity index (χ2v) is 11.5. The molecule has 9 nitrogen and oxygen atoms in total. The number of anilines is 2. The summed E-state index contributed by atoms with van der Waals surface area (Å²) in [7, 11) is 0. The average Bonchev–Trinajstić information content (AvgIpc) is 3.58. The van der Waals surface area contributed by atoms with Crippen LogP contribution in [0.3, 0.4) is 0 Å². The van der Waals surface area contributed by atoms with Crippen LogP contribution in [-0.4, -0.2) is 58.7 Å². The number of ether oxygens (including phenoxy) is 1. The highest BCUT2D eigenvalue weighted by atomic mass is 32.1. The Morgan fingerprint density at radius 1 is 1.16 bits per heavy atom. The van der Waals surface area contributed by atoms with Crippen LogP contribution in [0.2, 0.25) is 0 Å². The molecule has 10 heteroatoms. The Labute approximate surface area is 221 Å². The van der Waals surface area contributed by atoms with E-state index in [9.17, 15) is 9.59 Å². The molecule has 2 fully saturated rings. The molecule has 2 aliphatic rings. The second-order valence-electron chi connectivity index (χ2n) is 10.7. The zero-order chi connectivity index (χ0) is 26.0. The van der Waals surface area contributed by atoms with Crippen molar-refractivity contribution in [1.82, 2.24) is 19.9 Å². The number of aromatic nitrogens is 3. The normalized spacial score (nSPS) is 19.8. The number of amides is 2. The lowest BCUT2D eigenvalue weighted by Crippen LogP contribution is -2.46. The second kappa shape index (κ2) is 10.6. The highest BCUT2D eigenvalue weighted by molar-refractivity contribution is 7.14. The third-order valence-electron chi connectivity index (χ3n) is 6.93. The maximum absolute atomic E-state index is 12.4. The summed E-state index contributed by atoms with van der Waals surface area (Å²) >= 11 is 1.34. The summed E-state index contributed by atoms with van der Waals surface area (Å²) in [6.07, 6.45) is 7.40. The van der Waals surface area contributed by atoms with Gasteiger partial charge in [0.25, 0.3) is 5.91 Å². The minimum Gasteiger partial charge on any atom is -0.378 e. The number of nitrogens with zero attached hydrogens (tertiary/aromatic N) is 4. The predicted molar refractivity (Wildman–Crippen MR) is 145 cm³/mol. The minimum absolute atomic E-state index is 0.117. The van der Waals surface area contributed by atoms with Crippen LogP contribution in [0.5, 0.6) is 0 Å². The van der Waals surface area contributed by atoms with E-state index < -0.39 is 0 Å². The molecule has 0 aromatic carbocycles. The average molecular weight is 523 g/mol. The van der Waals surface area contributed by atoms with Gasteiger partial charge in [0.05, 0.1) is 23.9 Å². The Bertz CT molecular complexity index is 1260. The highest BCUT2D eigenvalue weighted by Gasteiger charge is 2.32. The molecule has 0 unspecified atom stereocenters. The van der Waals surface area contributed by atoms with Crippen molar-refractivity contribution in [2.75, 3.05) is 36.5 Å². The van der Waals surface area contributed by atoms with E-state index in [0.29, 0.717) is 28.4 Å². The maximum Gasteiger partial charge on any atom is 0.253 e. The molecule has 0 spiro atoms. The van der Waals surface area contributed by atoms with E-state index in [1.807, 2.05) is 34.3 Å². The lowest BCUT2D eigenvalue weighted by Gasteiger charge is -2.41. The standard InChI is InChI=1S/C27H34N6O3S/c1-27(2,3)33-12-9-19(16-33)25(35)28-14-24(34)31-26-30-21(17-37-26)20-7-4-8-23(29-20)32-11-10-22-18(15-32)6-5-13-36-22/h4,7-9,12,16-18,22H,5-6,10-11,13-15H2,1-3H3,(H,28,35)(H,30,31,34)/t18-,22-/m1/s1. The molecule has 196 valence electrons. The number of hydrogen-bond acceptors (Lipinski definition) is 7. The van der Waals surface area contributed by atoms with E-state index in [2.05, 4.69) is 41.3 Å². The summed E-state index contributed by atoms with van der Waals surface area (Å²) in [6, 6.07) is 7.73. The van der Waals surface area contributed by atoms with Gasteiger partial charge < -0.3 is 24.8 Å². The van der Waals surface area contributed by atoms with Gasteiger partial charge in [-0.15, -0.1) is 11.3 Å². The molecule has 3 aromatic heterocycles. The van der Waals surface area contributed by atoms with Crippen LogP contribution in [0.1, 0.15) is 50.4 Å². The van der Waals surface area contributed by atoms with Gasteiger partial charge in [-0.2, -0.15) is 0 Å². The van der Waals surface area contributed by atoms with Crippen molar-refractivity contribution in [3.05, 3.63) is 47.6 Å². The van der Waals surface area contributed by atoms with Crippen LogP contribution in [0.4, 0.5) is 10.9 Å². The van der Waals surface area contributed by atoms with E-state index in [4.69, 9.17) is 9.72 Å². The number of pyridine rings is 1. The predicted octanol–water partition coefficient (Wildman–Crippen LogP) is 4.14. The molecule has 37 heavy (non-hydrogen) atoms. The monoisotopic (exact) mass is 522 g/mol. The van der Waals surface area contributed by atoms with Gasteiger partial charge in [-0.05, 0) is 58.2 Å². The third-order valence-corrected chi connectivity index (χ3v) is 7.68. The fraction of sp³-hybridized carbons (Fsp3) is 0.481. The van der Waals surface area contributed by atoms with Crippen molar-refractivity contribution in [3.8, 4) is 11.4 Å². The van der Waals surface area contributed by atoms with Gasteiger partial charge in [0.2, 0.25) is 5.91 Å². The number of thiazole rings is 1. The summed E-state index contributed by atoms with van der Waals surface area (Å²) in [6.45, 7) is 8.83. The molecule has 0 saturated carbocycles. The summed E-state index contributed by atoms with van der Waals surface area (Å²) in [4.78, 5) is 36.6. The van der Waals surface area contributed by atoms with E-state index in [1.54, 1.807) is 12.3 Å². The lowest BCUT2D eigenvalue weighted by molar-refractivity contribution is -0.115. The Hall–Kier alpha value is -3.24. The number of hydrogen-bond donors (Lipinski definition) is 2. The van der Waals surface area contributed by atoms with Gasteiger partial charge in [0.15, 0.2) is 5.13 Å². The van der Waals surface area contributed by atoms with Crippen LogP contribution in [-0.2, 0) is 15.1 Å². The molecule has 2 amide bonds. The van der Waals surface area contributed by atoms with Crippen LogP contribution in [0.15, 0.2) is 42.0 Å². The molecule has 0 bridgehead atoms. The SMILES string of the molecule is CC(C)(C)n1ccc(C(=O)NCC(=O)Nc2nc(-c3cccc(N4CC[C@H]5OCCC[C@@H]5C4)n3)cs2)c1. The van der Waals surface area contributed by atoms with Crippen LogP contribution in [0.25, 0.3) is 11.4 Å². The quantitative estimate of drug-likeness (QED) is 0.505. The first kappa shape index (κ1) is 25.4. The van der Waals surface area contributed by atoms with Crippen molar-refractivity contribution in [3.63, 3.8) is 0 Å². The fourth-order valence-electron chi connectivity index (χ4n) is 4.86. The Kier molecular flexibility index (Phi) is 7.30. The molecule has 2 saturated heterocycles. The number of fused-ring (bicyclic) bond motifs is 1. The van der Waals surface area contributed by atoms with Crippen LogP contribution >= 0.6 is 11.3 Å². The number of nitrogens with one attached hydrogen (secondary N) is 2. The zero-order valence-corrected chi connectivity index (χ0v) is 22.4. The Morgan fingerprint density at radius 3 is 2.84 bits per heavy atom. The first-order chi connectivity index (χ1) is 17.8.